The Hall–Kier alpha value is -1.76. The Bertz CT molecular complexity index is 496. The standard InChI is InChI=1S/C13H16F3N3O/c14-13(15,16)10-8-9(4-5-11(10)17)12(20)18-19-6-2-1-3-7-19/h4-5,8H,1-3,6-7,17H2,(H,18,20). The highest BCUT2D eigenvalue weighted by Crippen LogP contribution is 2.34. The van der Waals surface area contributed by atoms with Gasteiger partial charge in [0.15, 0.2) is 0 Å². The number of anilines is 1. The van der Waals surface area contributed by atoms with Crippen LogP contribution in [0, 0.1) is 0 Å². The molecule has 3 N–H and O–H groups in total. The van der Waals surface area contributed by atoms with Crippen molar-refractivity contribution >= 4 is 11.6 Å². The number of halogens is 3. The van der Waals surface area contributed by atoms with Crippen molar-refractivity contribution in [3.05, 3.63) is 29.3 Å². The molecule has 0 saturated carbocycles. The SMILES string of the molecule is Nc1ccc(C(=O)NN2CCCCC2)cc1C(F)(F)F. The number of rotatable bonds is 2. The molecule has 0 radical (unpaired) electrons. The van der Waals surface area contributed by atoms with Gasteiger partial charge in [0.05, 0.1) is 5.56 Å². The maximum Gasteiger partial charge on any atom is 0.418 e. The number of nitrogens with zero attached hydrogens (tertiary/aromatic N) is 1. The Morgan fingerprint density at radius 2 is 1.85 bits per heavy atom. The molecular weight excluding hydrogens is 271 g/mol. The maximum absolute atomic E-state index is 12.7. The van der Waals surface area contributed by atoms with Gasteiger partial charge in [-0.15, -0.1) is 0 Å². The summed E-state index contributed by atoms with van der Waals surface area (Å²) in [5.74, 6) is -0.544. The van der Waals surface area contributed by atoms with Crippen LogP contribution in [-0.4, -0.2) is 24.0 Å². The Morgan fingerprint density at radius 1 is 1.20 bits per heavy atom. The topological polar surface area (TPSA) is 58.4 Å². The van der Waals surface area contributed by atoms with E-state index in [9.17, 15) is 18.0 Å². The van der Waals surface area contributed by atoms with Gasteiger partial charge in [-0.25, -0.2) is 5.01 Å². The van der Waals surface area contributed by atoms with Gasteiger partial charge in [-0.1, -0.05) is 6.42 Å². The van der Waals surface area contributed by atoms with Gasteiger partial charge in [0.1, 0.15) is 0 Å². The molecule has 1 aliphatic rings. The Morgan fingerprint density at radius 3 is 2.45 bits per heavy atom. The van der Waals surface area contributed by atoms with Crippen molar-refractivity contribution in [1.29, 1.82) is 0 Å². The number of hydrogen-bond acceptors (Lipinski definition) is 3. The molecule has 1 aromatic carbocycles. The second-order valence-corrected chi connectivity index (χ2v) is 4.79. The van der Waals surface area contributed by atoms with Crippen LogP contribution in [0.25, 0.3) is 0 Å². The minimum Gasteiger partial charge on any atom is -0.398 e. The first-order valence-electron chi connectivity index (χ1n) is 6.40. The molecule has 1 aliphatic heterocycles. The van der Waals surface area contributed by atoms with Crippen molar-refractivity contribution < 1.29 is 18.0 Å². The first kappa shape index (κ1) is 14.6. The van der Waals surface area contributed by atoms with Gasteiger partial charge < -0.3 is 5.73 Å². The van der Waals surface area contributed by atoms with Crippen LogP contribution in [0.5, 0.6) is 0 Å². The lowest BCUT2D eigenvalue weighted by molar-refractivity contribution is -0.136. The average Bonchev–Trinajstić information content (AvgIpc) is 2.39. The summed E-state index contributed by atoms with van der Waals surface area (Å²) in [4.78, 5) is 11.9. The van der Waals surface area contributed by atoms with E-state index in [4.69, 9.17) is 5.73 Å². The van der Waals surface area contributed by atoms with Crippen LogP contribution in [-0.2, 0) is 6.18 Å². The fourth-order valence-electron chi connectivity index (χ4n) is 2.16. The van der Waals surface area contributed by atoms with Crippen molar-refractivity contribution in [3.63, 3.8) is 0 Å². The van der Waals surface area contributed by atoms with Crippen LogP contribution in [0.4, 0.5) is 18.9 Å². The molecule has 0 spiro atoms. The molecule has 0 aliphatic carbocycles. The summed E-state index contributed by atoms with van der Waals surface area (Å²) in [7, 11) is 0. The maximum atomic E-state index is 12.7. The van der Waals surface area contributed by atoms with Crippen LogP contribution in [0.2, 0.25) is 0 Å². The zero-order valence-electron chi connectivity index (χ0n) is 10.8. The highest BCUT2D eigenvalue weighted by molar-refractivity contribution is 5.94. The lowest BCUT2D eigenvalue weighted by atomic mass is 10.1. The molecule has 1 saturated heterocycles. The highest BCUT2D eigenvalue weighted by atomic mass is 19.4. The van der Waals surface area contributed by atoms with Gasteiger partial charge in [-0.3, -0.25) is 10.2 Å². The van der Waals surface area contributed by atoms with Gasteiger partial charge in [0, 0.05) is 24.3 Å². The summed E-state index contributed by atoms with van der Waals surface area (Å²) in [6, 6.07) is 3.19. The summed E-state index contributed by atoms with van der Waals surface area (Å²) < 4.78 is 38.2. The number of amides is 1. The number of carbonyl (C=O) groups excluding carboxylic acids is 1. The molecular formula is C13H16F3N3O. The Balaban J connectivity index is 2.13. The fourth-order valence-corrected chi connectivity index (χ4v) is 2.16. The summed E-state index contributed by atoms with van der Waals surface area (Å²) in [6.45, 7) is 1.43. The Kier molecular flexibility index (Phi) is 4.17. The van der Waals surface area contributed by atoms with E-state index in [-0.39, 0.29) is 11.3 Å². The predicted molar refractivity (Wildman–Crippen MR) is 68.7 cm³/mol. The molecule has 0 aromatic heterocycles. The lowest BCUT2D eigenvalue weighted by Crippen LogP contribution is -2.45. The van der Waals surface area contributed by atoms with E-state index in [2.05, 4.69) is 5.43 Å². The normalized spacial score (nSPS) is 16.9. The van der Waals surface area contributed by atoms with E-state index in [0.717, 1.165) is 31.4 Å². The molecule has 1 heterocycles. The van der Waals surface area contributed by atoms with Gasteiger partial charge in [-0.05, 0) is 31.0 Å². The van der Waals surface area contributed by atoms with Crippen molar-refractivity contribution in [2.24, 2.45) is 0 Å². The van der Waals surface area contributed by atoms with Crippen molar-refractivity contribution in [1.82, 2.24) is 10.4 Å². The molecule has 2 rings (SSSR count). The molecule has 4 nitrogen and oxygen atoms in total. The number of hydrogen-bond donors (Lipinski definition) is 2. The van der Waals surface area contributed by atoms with E-state index in [1.54, 1.807) is 5.01 Å². The molecule has 1 amide bonds. The monoisotopic (exact) mass is 287 g/mol. The lowest BCUT2D eigenvalue weighted by Gasteiger charge is -2.26. The molecule has 1 aromatic rings. The van der Waals surface area contributed by atoms with Crippen molar-refractivity contribution in [3.8, 4) is 0 Å². The molecule has 20 heavy (non-hydrogen) atoms. The molecule has 0 atom stereocenters. The number of alkyl halides is 3. The minimum absolute atomic E-state index is 0.0444. The van der Waals surface area contributed by atoms with Crippen LogP contribution >= 0.6 is 0 Å². The smallest absolute Gasteiger partial charge is 0.398 e. The largest absolute Gasteiger partial charge is 0.418 e. The zero-order valence-corrected chi connectivity index (χ0v) is 10.8. The quantitative estimate of drug-likeness (QED) is 0.821. The second kappa shape index (κ2) is 5.70. The summed E-state index contributed by atoms with van der Waals surface area (Å²) in [5, 5.41) is 1.73. The Labute approximate surface area is 114 Å². The van der Waals surface area contributed by atoms with Crippen LogP contribution < -0.4 is 11.2 Å². The fraction of sp³-hybridized carbons (Fsp3) is 0.462. The van der Waals surface area contributed by atoms with E-state index >= 15 is 0 Å². The first-order chi connectivity index (χ1) is 9.38. The molecule has 110 valence electrons. The predicted octanol–water partition coefficient (Wildman–Crippen LogP) is 2.42. The van der Waals surface area contributed by atoms with Crippen molar-refractivity contribution in [2.45, 2.75) is 25.4 Å². The molecule has 7 heteroatoms. The number of nitrogens with two attached hydrogens (primary N) is 1. The zero-order chi connectivity index (χ0) is 14.8. The molecule has 0 bridgehead atoms. The summed E-state index contributed by atoms with van der Waals surface area (Å²) >= 11 is 0. The van der Waals surface area contributed by atoms with Crippen LogP contribution in [0.1, 0.15) is 35.2 Å². The van der Waals surface area contributed by atoms with Crippen molar-refractivity contribution in [2.75, 3.05) is 18.8 Å². The van der Waals surface area contributed by atoms with Gasteiger partial charge in [0.25, 0.3) is 5.91 Å². The van der Waals surface area contributed by atoms with Gasteiger partial charge in [0.2, 0.25) is 0 Å². The van der Waals surface area contributed by atoms with Crippen LogP contribution in [0.15, 0.2) is 18.2 Å². The van der Waals surface area contributed by atoms with E-state index in [1.165, 1.54) is 6.07 Å². The number of piperidine rings is 1. The second-order valence-electron chi connectivity index (χ2n) is 4.79. The van der Waals surface area contributed by atoms with E-state index < -0.39 is 17.6 Å². The number of benzene rings is 1. The third kappa shape index (κ3) is 3.41. The summed E-state index contributed by atoms with van der Waals surface area (Å²) in [6.07, 6.45) is -1.52. The molecule has 1 fully saturated rings. The average molecular weight is 287 g/mol. The van der Waals surface area contributed by atoms with Gasteiger partial charge in [-0.2, -0.15) is 13.2 Å². The van der Waals surface area contributed by atoms with E-state index in [1.807, 2.05) is 0 Å². The number of nitrogens with one attached hydrogen (secondary N) is 1. The number of carbonyl (C=O) groups is 1. The summed E-state index contributed by atoms with van der Waals surface area (Å²) in [5.41, 5.74) is 6.51. The van der Waals surface area contributed by atoms with E-state index in [0.29, 0.717) is 13.1 Å². The number of nitrogen functional groups attached to an aromatic ring is 1. The minimum atomic E-state index is -4.56. The molecule has 0 unspecified atom stereocenters. The third-order valence-electron chi connectivity index (χ3n) is 3.24. The number of hydrazine groups is 1. The van der Waals surface area contributed by atoms with Crippen LogP contribution in [0.3, 0.4) is 0 Å². The first-order valence-corrected chi connectivity index (χ1v) is 6.40. The van der Waals surface area contributed by atoms with Gasteiger partial charge >= 0.3 is 6.18 Å². The third-order valence-corrected chi connectivity index (χ3v) is 3.24. The highest BCUT2D eigenvalue weighted by Gasteiger charge is 2.33.